The molecule has 0 atom stereocenters. The predicted molar refractivity (Wildman–Crippen MR) is 96.9 cm³/mol. The standard InChI is InChI=1S/C18H20BrF2NO2S/c1-12-7-8-18(13-5-3-2-4-6-13)25(23,24)22(12)11-14-9-17(21)15(19)10-16(14)20/h7-10,13H,2-6,11H2,1H3. The minimum absolute atomic E-state index is 0.0112. The van der Waals surface area contributed by atoms with Gasteiger partial charge in [0.05, 0.1) is 15.9 Å². The Kier molecular flexibility index (Phi) is 5.34. The van der Waals surface area contributed by atoms with Crippen LogP contribution in [0.25, 0.3) is 0 Å². The van der Waals surface area contributed by atoms with Crippen LogP contribution in [0.1, 0.15) is 44.6 Å². The molecule has 3 rings (SSSR count). The lowest BCUT2D eigenvalue weighted by molar-refractivity contribution is 0.399. The van der Waals surface area contributed by atoms with Crippen molar-refractivity contribution in [2.24, 2.45) is 5.92 Å². The van der Waals surface area contributed by atoms with Gasteiger partial charge in [-0.1, -0.05) is 19.3 Å². The van der Waals surface area contributed by atoms with E-state index < -0.39 is 21.7 Å². The van der Waals surface area contributed by atoms with E-state index in [-0.39, 0.29) is 22.5 Å². The summed E-state index contributed by atoms with van der Waals surface area (Å²) in [4.78, 5) is 0.399. The van der Waals surface area contributed by atoms with Crippen molar-refractivity contribution in [3.63, 3.8) is 0 Å². The molecule has 3 nitrogen and oxygen atoms in total. The van der Waals surface area contributed by atoms with E-state index in [2.05, 4.69) is 15.9 Å². The molecule has 0 aromatic heterocycles. The molecule has 1 fully saturated rings. The fourth-order valence-corrected chi connectivity index (χ4v) is 5.69. The molecule has 1 aromatic rings. The van der Waals surface area contributed by atoms with Gasteiger partial charge in [-0.2, -0.15) is 0 Å². The first kappa shape index (κ1) is 18.6. The summed E-state index contributed by atoms with van der Waals surface area (Å²) < 4.78 is 55.3. The lowest BCUT2D eigenvalue weighted by Crippen LogP contribution is -2.35. The maximum atomic E-state index is 14.2. The minimum atomic E-state index is -3.73. The van der Waals surface area contributed by atoms with Crippen molar-refractivity contribution in [1.29, 1.82) is 0 Å². The van der Waals surface area contributed by atoms with E-state index in [0.29, 0.717) is 10.6 Å². The number of halogens is 3. The summed E-state index contributed by atoms with van der Waals surface area (Å²) in [5, 5.41) is 0. The second-order valence-corrected chi connectivity index (χ2v) is 9.30. The molecule has 0 spiro atoms. The Balaban J connectivity index is 1.93. The molecule has 1 heterocycles. The minimum Gasteiger partial charge on any atom is -0.266 e. The van der Waals surface area contributed by atoms with Crippen LogP contribution in [0.4, 0.5) is 8.78 Å². The first-order valence-electron chi connectivity index (χ1n) is 8.35. The van der Waals surface area contributed by atoms with Crippen LogP contribution in [0.5, 0.6) is 0 Å². The second-order valence-electron chi connectivity index (χ2n) is 6.58. The number of hydrogen-bond acceptors (Lipinski definition) is 2. The van der Waals surface area contributed by atoms with Crippen molar-refractivity contribution < 1.29 is 17.2 Å². The Labute approximate surface area is 155 Å². The lowest BCUT2D eigenvalue weighted by Gasteiger charge is -2.33. The Morgan fingerprint density at radius 1 is 1.12 bits per heavy atom. The SMILES string of the molecule is CC1=CC=C(C2CCCCC2)S(=O)(=O)N1Cc1cc(F)c(Br)cc1F. The van der Waals surface area contributed by atoms with Gasteiger partial charge in [0.25, 0.3) is 10.0 Å². The quantitative estimate of drug-likeness (QED) is 0.613. The molecule has 25 heavy (non-hydrogen) atoms. The van der Waals surface area contributed by atoms with Gasteiger partial charge in [0.2, 0.25) is 0 Å². The van der Waals surface area contributed by atoms with E-state index in [1.54, 1.807) is 19.1 Å². The summed E-state index contributed by atoms with van der Waals surface area (Å²) in [5.41, 5.74) is 0.518. The molecule has 1 aliphatic carbocycles. The van der Waals surface area contributed by atoms with Crippen LogP contribution in [0.3, 0.4) is 0 Å². The van der Waals surface area contributed by atoms with E-state index >= 15 is 0 Å². The molecule has 0 amide bonds. The van der Waals surface area contributed by atoms with Gasteiger partial charge in [0.15, 0.2) is 0 Å². The van der Waals surface area contributed by atoms with Crippen molar-refractivity contribution >= 4 is 26.0 Å². The highest BCUT2D eigenvalue weighted by Crippen LogP contribution is 2.38. The molecular weight excluding hydrogens is 412 g/mol. The van der Waals surface area contributed by atoms with Gasteiger partial charge in [0, 0.05) is 11.3 Å². The molecule has 1 aliphatic heterocycles. The average Bonchev–Trinajstić information content (AvgIpc) is 2.56. The molecule has 0 bridgehead atoms. The van der Waals surface area contributed by atoms with Crippen LogP contribution >= 0.6 is 15.9 Å². The number of benzene rings is 1. The van der Waals surface area contributed by atoms with Crippen molar-refractivity contribution in [2.45, 2.75) is 45.6 Å². The predicted octanol–water partition coefficient (Wildman–Crippen LogP) is 5.24. The van der Waals surface area contributed by atoms with Gasteiger partial charge in [-0.15, -0.1) is 0 Å². The zero-order valence-corrected chi connectivity index (χ0v) is 16.3. The Morgan fingerprint density at radius 2 is 1.80 bits per heavy atom. The van der Waals surface area contributed by atoms with Crippen molar-refractivity contribution in [3.8, 4) is 0 Å². The van der Waals surface area contributed by atoms with Gasteiger partial charge >= 0.3 is 0 Å². The monoisotopic (exact) mass is 431 g/mol. The van der Waals surface area contributed by atoms with E-state index in [1.165, 1.54) is 4.31 Å². The second kappa shape index (κ2) is 7.19. The number of allylic oxidation sites excluding steroid dienone is 4. The molecule has 136 valence electrons. The summed E-state index contributed by atoms with van der Waals surface area (Å²) in [6.45, 7) is 1.45. The van der Waals surface area contributed by atoms with Crippen LogP contribution in [0.15, 0.2) is 39.4 Å². The van der Waals surface area contributed by atoms with Gasteiger partial charge in [-0.05, 0) is 65.9 Å². The fourth-order valence-electron chi connectivity index (χ4n) is 3.47. The first-order chi connectivity index (χ1) is 11.8. The van der Waals surface area contributed by atoms with Crippen molar-refractivity contribution in [2.75, 3.05) is 0 Å². The molecule has 0 radical (unpaired) electrons. The summed E-state index contributed by atoms with van der Waals surface area (Å²) in [6, 6.07) is 2.07. The summed E-state index contributed by atoms with van der Waals surface area (Å²) in [5.74, 6) is -1.24. The fraction of sp³-hybridized carbons (Fsp3) is 0.444. The normalized spacial score (nSPS) is 21.0. The third-order valence-electron chi connectivity index (χ3n) is 4.88. The van der Waals surface area contributed by atoms with Crippen LogP contribution in [0.2, 0.25) is 0 Å². The van der Waals surface area contributed by atoms with Gasteiger partial charge in [-0.3, -0.25) is 4.31 Å². The van der Waals surface area contributed by atoms with Crippen molar-refractivity contribution in [3.05, 3.63) is 56.6 Å². The summed E-state index contributed by atoms with van der Waals surface area (Å²) in [7, 11) is -3.73. The maximum absolute atomic E-state index is 14.2. The van der Waals surface area contributed by atoms with E-state index in [1.807, 2.05) is 0 Å². The third-order valence-corrected chi connectivity index (χ3v) is 7.55. The topological polar surface area (TPSA) is 37.4 Å². The van der Waals surface area contributed by atoms with Crippen LogP contribution < -0.4 is 0 Å². The zero-order chi connectivity index (χ0) is 18.2. The lowest BCUT2D eigenvalue weighted by atomic mass is 9.89. The Morgan fingerprint density at radius 3 is 2.48 bits per heavy atom. The van der Waals surface area contributed by atoms with E-state index in [0.717, 1.165) is 44.2 Å². The smallest absolute Gasteiger partial charge is 0.260 e. The highest BCUT2D eigenvalue weighted by atomic mass is 79.9. The van der Waals surface area contributed by atoms with Gasteiger partial charge < -0.3 is 0 Å². The summed E-state index contributed by atoms with van der Waals surface area (Å²) in [6.07, 6.45) is 8.30. The van der Waals surface area contributed by atoms with Gasteiger partial charge in [-0.25, -0.2) is 17.2 Å². The maximum Gasteiger partial charge on any atom is 0.260 e. The number of sulfonamides is 1. The largest absolute Gasteiger partial charge is 0.266 e. The van der Waals surface area contributed by atoms with Crippen LogP contribution in [-0.2, 0) is 16.6 Å². The van der Waals surface area contributed by atoms with Crippen LogP contribution in [-0.4, -0.2) is 12.7 Å². The van der Waals surface area contributed by atoms with E-state index in [9.17, 15) is 17.2 Å². The molecule has 0 unspecified atom stereocenters. The summed E-state index contributed by atoms with van der Waals surface area (Å²) >= 11 is 2.93. The molecule has 0 N–H and O–H groups in total. The molecule has 1 saturated carbocycles. The van der Waals surface area contributed by atoms with Gasteiger partial charge in [0.1, 0.15) is 11.6 Å². The highest BCUT2D eigenvalue weighted by molar-refractivity contribution is 9.10. The molecule has 7 heteroatoms. The zero-order valence-electron chi connectivity index (χ0n) is 13.9. The first-order valence-corrected chi connectivity index (χ1v) is 10.6. The van der Waals surface area contributed by atoms with Crippen LogP contribution in [0, 0.1) is 17.6 Å². The van der Waals surface area contributed by atoms with E-state index in [4.69, 9.17) is 0 Å². The van der Waals surface area contributed by atoms with Crippen molar-refractivity contribution in [1.82, 2.24) is 4.31 Å². The Bertz CT molecular complexity index is 843. The third kappa shape index (κ3) is 3.67. The molecule has 2 aliphatic rings. The Hall–Kier alpha value is -1.21. The number of nitrogens with zero attached hydrogens (tertiary/aromatic N) is 1. The molecule has 0 saturated heterocycles. The number of hydrogen-bond donors (Lipinski definition) is 0. The number of rotatable bonds is 3. The molecular formula is C18H20BrF2NO2S. The highest BCUT2D eigenvalue weighted by Gasteiger charge is 2.35. The average molecular weight is 432 g/mol. The molecule has 1 aromatic carbocycles.